The smallest absolute Gasteiger partial charge is 0.134 e. The van der Waals surface area contributed by atoms with E-state index >= 15 is 0 Å². The van der Waals surface area contributed by atoms with Crippen molar-refractivity contribution >= 4 is 11.0 Å². The topological polar surface area (TPSA) is 25.2 Å². The second-order valence-corrected chi connectivity index (χ2v) is 4.46. The number of para-hydroxylation sites is 1. The molecule has 2 rings (SSSR count). The third kappa shape index (κ3) is 2.37. The van der Waals surface area contributed by atoms with Crippen molar-refractivity contribution in [3.8, 4) is 0 Å². The number of fused-ring (bicyclic) bond motifs is 1. The van der Waals surface area contributed by atoms with Gasteiger partial charge in [-0.1, -0.05) is 32.0 Å². The van der Waals surface area contributed by atoms with E-state index in [4.69, 9.17) is 4.42 Å². The van der Waals surface area contributed by atoms with E-state index in [1.807, 2.05) is 12.1 Å². The lowest BCUT2D eigenvalue weighted by Crippen LogP contribution is -2.19. The number of aryl methyl sites for hydroxylation is 1. The zero-order valence-corrected chi connectivity index (χ0v) is 10.9. The highest BCUT2D eigenvalue weighted by Gasteiger charge is 2.17. The molecule has 0 fully saturated rings. The van der Waals surface area contributed by atoms with Crippen molar-refractivity contribution < 1.29 is 4.42 Å². The third-order valence-electron chi connectivity index (χ3n) is 3.17. The summed E-state index contributed by atoms with van der Waals surface area (Å²) >= 11 is 0. The minimum absolute atomic E-state index is 0.355. The lowest BCUT2D eigenvalue weighted by Gasteiger charge is -2.13. The highest BCUT2D eigenvalue weighted by Crippen LogP contribution is 2.31. The molecule has 0 saturated heterocycles. The van der Waals surface area contributed by atoms with Crippen LogP contribution in [0.4, 0.5) is 0 Å². The Hall–Kier alpha value is -1.28. The molecule has 0 aliphatic heterocycles. The maximum absolute atomic E-state index is 5.91. The second-order valence-electron chi connectivity index (χ2n) is 4.46. The Kier molecular flexibility index (Phi) is 3.85. The molecule has 0 aliphatic carbocycles. The summed E-state index contributed by atoms with van der Waals surface area (Å²) in [7, 11) is 0. The molecule has 0 spiro atoms. The number of hydrogen-bond acceptors (Lipinski definition) is 2. The van der Waals surface area contributed by atoms with Gasteiger partial charge in [0.1, 0.15) is 11.3 Å². The van der Waals surface area contributed by atoms with Gasteiger partial charge in [0, 0.05) is 23.4 Å². The summed E-state index contributed by atoms with van der Waals surface area (Å²) in [5, 5.41) is 4.79. The minimum atomic E-state index is 0.355. The van der Waals surface area contributed by atoms with Crippen molar-refractivity contribution in [3.63, 3.8) is 0 Å². The van der Waals surface area contributed by atoms with Crippen molar-refractivity contribution in [2.24, 2.45) is 0 Å². The molecule has 0 saturated carbocycles. The average molecular weight is 231 g/mol. The van der Waals surface area contributed by atoms with Crippen LogP contribution in [-0.2, 0) is 6.42 Å². The summed E-state index contributed by atoms with van der Waals surface area (Å²) in [6.07, 6.45) is 2.10. The molecule has 1 heterocycles. The van der Waals surface area contributed by atoms with E-state index in [-0.39, 0.29) is 0 Å². The van der Waals surface area contributed by atoms with Crippen LogP contribution in [-0.4, -0.2) is 6.54 Å². The molecule has 1 unspecified atom stereocenters. The first-order valence-electron chi connectivity index (χ1n) is 6.51. The molecule has 0 radical (unpaired) electrons. The van der Waals surface area contributed by atoms with E-state index in [0.717, 1.165) is 30.7 Å². The molecule has 2 heteroatoms. The lowest BCUT2D eigenvalue weighted by molar-refractivity contribution is 0.518. The zero-order valence-electron chi connectivity index (χ0n) is 10.9. The van der Waals surface area contributed by atoms with Crippen LogP contribution in [0.15, 0.2) is 28.7 Å². The Morgan fingerprint density at radius 2 is 2.00 bits per heavy atom. The first-order chi connectivity index (χ1) is 8.27. The van der Waals surface area contributed by atoms with Crippen molar-refractivity contribution in [2.75, 3.05) is 6.54 Å². The van der Waals surface area contributed by atoms with E-state index in [9.17, 15) is 0 Å². The molecule has 0 bridgehead atoms. The lowest BCUT2D eigenvalue weighted by atomic mass is 10.0. The summed E-state index contributed by atoms with van der Waals surface area (Å²) in [5.41, 5.74) is 2.33. The van der Waals surface area contributed by atoms with Gasteiger partial charge in [-0.05, 0) is 26.0 Å². The van der Waals surface area contributed by atoms with E-state index in [1.165, 1.54) is 10.9 Å². The van der Waals surface area contributed by atoms with Crippen molar-refractivity contribution in [1.29, 1.82) is 0 Å². The van der Waals surface area contributed by atoms with E-state index < -0.39 is 0 Å². The van der Waals surface area contributed by atoms with E-state index in [2.05, 4.69) is 38.2 Å². The Morgan fingerprint density at radius 3 is 2.71 bits per heavy atom. The van der Waals surface area contributed by atoms with Crippen LogP contribution < -0.4 is 5.32 Å². The van der Waals surface area contributed by atoms with Crippen LogP contribution in [0.25, 0.3) is 11.0 Å². The molecule has 0 aliphatic rings. The van der Waals surface area contributed by atoms with Gasteiger partial charge >= 0.3 is 0 Å². The third-order valence-corrected chi connectivity index (χ3v) is 3.17. The van der Waals surface area contributed by atoms with Crippen LogP contribution in [0, 0.1) is 0 Å². The number of hydrogen-bond donors (Lipinski definition) is 1. The molecule has 1 aromatic heterocycles. The normalized spacial score (nSPS) is 13.1. The van der Waals surface area contributed by atoms with Gasteiger partial charge in [0.15, 0.2) is 0 Å². The van der Waals surface area contributed by atoms with Crippen LogP contribution >= 0.6 is 0 Å². The van der Waals surface area contributed by atoms with Crippen molar-refractivity contribution in [2.45, 2.75) is 39.7 Å². The van der Waals surface area contributed by atoms with Crippen molar-refractivity contribution in [1.82, 2.24) is 5.32 Å². The summed E-state index contributed by atoms with van der Waals surface area (Å²) in [5.74, 6) is 1.11. The fraction of sp³-hybridized carbons (Fsp3) is 0.467. The van der Waals surface area contributed by atoms with Gasteiger partial charge in [0.25, 0.3) is 0 Å². The monoisotopic (exact) mass is 231 g/mol. The van der Waals surface area contributed by atoms with Gasteiger partial charge in [0.2, 0.25) is 0 Å². The Bertz CT molecular complexity index is 487. The molecule has 0 amide bonds. The van der Waals surface area contributed by atoms with Gasteiger partial charge in [0.05, 0.1) is 0 Å². The standard InChI is InChI=1S/C15H21NO/c1-4-10-16-11(3)15-12-8-6-7-9-14(12)17-13(15)5-2/h6-9,11,16H,4-5,10H2,1-3H3. The molecular weight excluding hydrogens is 210 g/mol. The molecule has 2 aromatic rings. The first kappa shape index (κ1) is 12.2. The van der Waals surface area contributed by atoms with Crippen LogP contribution in [0.1, 0.15) is 44.6 Å². The number of rotatable bonds is 5. The predicted molar refractivity (Wildman–Crippen MR) is 72.3 cm³/mol. The predicted octanol–water partition coefficient (Wildman–Crippen LogP) is 4.06. The molecular formula is C15H21NO. The molecule has 2 nitrogen and oxygen atoms in total. The number of benzene rings is 1. The maximum atomic E-state index is 5.91. The van der Waals surface area contributed by atoms with Gasteiger partial charge < -0.3 is 9.73 Å². The van der Waals surface area contributed by atoms with Gasteiger partial charge in [-0.2, -0.15) is 0 Å². The average Bonchev–Trinajstić information content (AvgIpc) is 2.74. The SMILES string of the molecule is CCCNC(C)c1c(CC)oc2ccccc12. The Balaban J connectivity index is 2.42. The highest BCUT2D eigenvalue weighted by molar-refractivity contribution is 5.82. The molecule has 92 valence electrons. The van der Waals surface area contributed by atoms with Gasteiger partial charge in [-0.25, -0.2) is 0 Å². The van der Waals surface area contributed by atoms with E-state index in [1.54, 1.807) is 0 Å². The fourth-order valence-electron chi connectivity index (χ4n) is 2.32. The van der Waals surface area contributed by atoms with E-state index in [0.29, 0.717) is 6.04 Å². The second kappa shape index (κ2) is 5.37. The Labute approximate surface area is 103 Å². The molecule has 1 aromatic carbocycles. The maximum Gasteiger partial charge on any atom is 0.134 e. The zero-order chi connectivity index (χ0) is 12.3. The highest BCUT2D eigenvalue weighted by atomic mass is 16.3. The summed E-state index contributed by atoms with van der Waals surface area (Å²) < 4.78 is 5.91. The van der Waals surface area contributed by atoms with Crippen LogP contribution in [0.3, 0.4) is 0 Å². The quantitative estimate of drug-likeness (QED) is 0.839. The largest absolute Gasteiger partial charge is 0.461 e. The Morgan fingerprint density at radius 1 is 1.24 bits per heavy atom. The summed E-state index contributed by atoms with van der Waals surface area (Å²) in [6.45, 7) is 7.59. The fourth-order valence-corrected chi connectivity index (χ4v) is 2.32. The first-order valence-corrected chi connectivity index (χ1v) is 6.51. The van der Waals surface area contributed by atoms with Crippen LogP contribution in [0.5, 0.6) is 0 Å². The molecule has 1 atom stereocenters. The van der Waals surface area contributed by atoms with Crippen LogP contribution in [0.2, 0.25) is 0 Å². The minimum Gasteiger partial charge on any atom is -0.461 e. The molecule has 1 N–H and O–H groups in total. The summed E-state index contributed by atoms with van der Waals surface area (Å²) in [4.78, 5) is 0. The van der Waals surface area contributed by atoms with Crippen molar-refractivity contribution in [3.05, 3.63) is 35.6 Å². The summed E-state index contributed by atoms with van der Waals surface area (Å²) in [6, 6.07) is 8.66. The molecule has 17 heavy (non-hydrogen) atoms. The van der Waals surface area contributed by atoms with Gasteiger partial charge in [-0.3, -0.25) is 0 Å². The number of nitrogens with one attached hydrogen (secondary N) is 1. The number of furan rings is 1. The van der Waals surface area contributed by atoms with Gasteiger partial charge in [-0.15, -0.1) is 0 Å².